The first-order chi connectivity index (χ1) is 18.1. The van der Waals surface area contributed by atoms with Gasteiger partial charge in [0, 0.05) is 17.1 Å². The number of nitrogens with one attached hydrogen (secondary N) is 4. The van der Waals surface area contributed by atoms with Crippen LogP contribution in [0.25, 0.3) is 10.9 Å². The Morgan fingerprint density at radius 2 is 1.55 bits per heavy atom. The maximum Gasteiger partial charge on any atom is 0.328 e. The van der Waals surface area contributed by atoms with Crippen LogP contribution in [0.1, 0.15) is 31.2 Å². The van der Waals surface area contributed by atoms with Crippen molar-refractivity contribution in [2.24, 2.45) is 17.2 Å². The Labute approximate surface area is 218 Å². The van der Waals surface area contributed by atoms with E-state index in [0.717, 1.165) is 16.5 Å². The number of hydrogen-bond donors (Lipinski definition) is 9. The number of carbonyl (C=O) groups is 5. The summed E-state index contributed by atoms with van der Waals surface area (Å²) in [7, 11) is 0. The van der Waals surface area contributed by atoms with E-state index in [9.17, 15) is 29.1 Å². The molecule has 1 heterocycles. The fourth-order valence-corrected chi connectivity index (χ4v) is 3.81. The van der Waals surface area contributed by atoms with Gasteiger partial charge in [-0.3, -0.25) is 19.2 Å². The molecule has 12 N–H and O–H groups in total. The molecular formula is C24H35N7O7. The number of nitrogens with two attached hydrogens (primary N) is 3. The quantitative estimate of drug-likeness (QED) is 0.104. The van der Waals surface area contributed by atoms with Crippen LogP contribution in [-0.4, -0.2) is 82.1 Å². The molecule has 1 aromatic carbocycles. The van der Waals surface area contributed by atoms with Crippen molar-refractivity contribution in [1.29, 1.82) is 0 Å². The van der Waals surface area contributed by atoms with Crippen molar-refractivity contribution < 1.29 is 34.2 Å². The van der Waals surface area contributed by atoms with Crippen LogP contribution in [0.4, 0.5) is 0 Å². The number of aromatic nitrogens is 1. The lowest BCUT2D eigenvalue weighted by atomic mass is 10.0. The largest absolute Gasteiger partial charge is 0.480 e. The second-order valence-corrected chi connectivity index (χ2v) is 8.83. The smallest absolute Gasteiger partial charge is 0.328 e. The fraction of sp³-hybridized carbons (Fsp3) is 0.458. The van der Waals surface area contributed by atoms with E-state index in [1.54, 1.807) is 6.20 Å². The summed E-state index contributed by atoms with van der Waals surface area (Å²) in [4.78, 5) is 64.4. The molecular weight excluding hydrogens is 498 g/mol. The molecule has 0 aliphatic rings. The number of rotatable bonds is 16. The van der Waals surface area contributed by atoms with Gasteiger partial charge in [0.25, 0.3) is 0 Å². The molecule has 14 heteroatoms. The minimum atomic E-state index is -1.58. The second-order valence-electron chi connectivity index (χ2n) is 8.83. The minimum absolute atomic E-state index is 0.0872. The first-order valence-corrected chi connectivity index (χ1v) is 12.1. The van der Waals surface area contributed by atoms with E-state index in [0.29, 0.717) is 19.4 Å². The lowest BCUT2D eigenvalue weighted by Crippen LogP contribution is -2.58. The Balaban J connectivity index is 2.12. The number of hydrogen-bond acceptors (Lipinski definition) is 8. The van der Waals surface area contributed by atoms with Crippen molar-refractivity contribution in [3.8, 4) is 0 Å². The Kier molecular flexibility index (Phi) is 11.7. The van der Waals surface area contributed by atoms with Gasteiger partial charge in [-0.05, 0) is 43.9 Å². The average molecular weight is 534 g/mol. The number of benzene rings is 1. The van der Waals surface area contributed by atoms with Crippen molar-refractivity contribution in [3.05, 3.63) is 36.0 Å². The van der Waals surface area contributed by atoms with Crippen molar-refractivity contribution >= 4 is 40.5 Å². The lowest BCUT2D eigenvalue weighted by Gasteiger charge is -2.24. The SMILES string of the molecule is NCCCCC(NC(=O)C(CC(N)=O)NC(=O)C(N)Cc1c[nH]c2ccccc12)C(=O)NC(CO)C(=O)O. The molecule has 0 spiro atoms. The van der Waals surface area contributed by atoms with Gasteiger partial charge in [-0.25, -0.2) is 4.79 Å². The third kappa shape index (κ3) is 8.83. The Morgan fingerprint density at radius 1 is 0.921 bits per heavy atom. The summed E-state index contributed by atoms with van der Waals surface area (Å²) in [6.07, 6.45) is 2.32. The van der Waals surface area contributed by atoms with Crippen molar-refractivity contribution in [2.75, 3.05) is 13.2 Å². The fourth-order valence-electron chi connectivity index (χ4n) is 3.81. The van der Waals surface area contributed by atoms with Crippen LogP contribution >= 0.6 is 0 Å². The van der Waals surface area contributed by atoms with E-state index < -0.39 is 66.8 Å². The zero-order chi connectivity index (χ0) is 28.2. The standard InChI is InChI=1S/C24H35N7O7/c25-8-4-3-7-17(22(35)31-19(12-32)24(37)38)29-23(36)18(10-20(27)33)30-21(34)15(26)9-13-11-28-16-6-2-1-5-14(13)16/h1-2,5-6,11,15,17-19,28,32H,3-4,7-10,12,25-26H2,(H2,27,33)(H,29,36)(H,30,34)(H,31,35)(H,37,38). The van der Waals surface area contributed by atoms with Gasteiger partial charge in [0.15, 0.2) is 0 Å². The van der Waals surface area contributed by atoms with Crippen LogP contribution in [0, 0.1) is 0 Å². The topological polar surface area (TPSA) is 256 Å². The molecule has 0 aliphatic carbocycles. The summed E-state index contributed by atoms with van der Waals surface area (Å²) in [5, 5.41) is 26.2. The van der Waals surface area contributed by atoms with Crippen LogP contribution in [-0.2, 0) is 30.4 Å². The summed E-state index contributed by atoms with van der Waals surface area (Å²) < 4.78 is 0. The Morgan fingerprint density at radius 3 is 2.18 bits per heavy atom. The summed E-state index contributed by atoms with van der Waals surface area (Å²) in [5.74, 6) is -4.81. The van der Waals surface area contributed by atoms with Crippen LogP contribution < -0.4 is 33.2 Å². The minimum Gasteiger partial charge on any atom is -0.480 e. The number of aliphatic carboxylic acids is 1. The van der Waals surface area contributed by atoms with Gasteiger partial charge in [-0.2, -0.15) is 0 Å². The first-order valence-electron chi connectivity index (χ1n) is 12.1. The highest BCUT2D eigenvalue weighted by Crippen LogP contribution is 2.18. The van der Waals surface area contributed by atoms with E-state index in [4.69, 9.17) is 22.3 Å². The normalized spacial score (nSPS) is 14.2. The van der Waals surface area contributed by atoms with Crippen molar-refractivity contribution in [2.45, 2.75) is 56.3 Å². The predicted octanol–water partition coefficient (Wildman–Crippen LogP) is -2.43. The molecule has 2 aromatic rings. The molecule has 0 aliphatic heterocycles. The van der Waals surface area contributed by atoms with E-state index in [1.165, 1.54) is 0 Å². The number of carboxylic acid groups (broad SMARTS) is 1. The number of H-pyrrole nitrogens is 1. The molecule has 4 atom stereocenters. The Bertz CT molecular complexity index is 1140. The van der Waals surface area contributed by atoms with Crippen molar-refractivity contribution in [3.63, 3.8) is 0 Å². The predicted molar refractivity (Wildman–Crippen MR) is 137 cm³/mol. The maximum atomic E-state index is 13.0. The summed E-state index contributed by atoms with van der Waals surface area (Å²) >= 11 is 0. The molecule has 208 valence electrons. The van der Waals surface area contributed by atoms with Crippen LogP contribution in [0.15, 0.2) is 30.5 Å². The third-order valence-electron chi connectivity index (χ3n) is 5.87. The molecule has 2 rings (SSSR count). The summed E-state index contributed by atoms with van der Waals surface area (Å²) in [6, 6.07) is 2.13. The van der Waals surface area contributed by atoms with Gasteiger partial charge in [0.05, 0.1) is 19.1 Å². The van der Waals surface area contributed by atoms with Gasteiger partial charge in [0.1, 0.15) is 18.1 Å². The summed E-state index contributed by atoms with van der Waals surface area (Å²) in [5.41, 5.74) is 18.5. The number of primary amides is 1. The molecule has 14 nitrogen and oxygen atoms in total. The number of aliphatic hydroxyl groups is 1. The zero-order valence-electron chi connectivity index (χ0n) is 20.8. The van der Waals surface area contributed by atoms with Gasteiger partial charge < -0.3 is 48.3 Å². The van der Waals surface area contributed by atoms with Crippen LogP contribution in [0.2, 0.25) is 0 Å². The van der Waals surface area contributed by atoms with Gasteiger partial charge in [-0.1, -0.05) is 18.2 Å². The average Bonchev–Trinajstić information content (AvgIpc) is 3.28. The molecule has 4 unspecified atom stereocenters. The molecule has 0 saturated heterocycles. The number of aliphatic hydroxyl groups excluding tert-OH is 1. The highest BCUT2D eigenvalue weighted by atomic mass is 16.4. The number of para-hydroxylation sites is 1. The van der Waals surface area contributed by atoms with Gasteiger partial charge >= 0.3 is 5.97 Å². The third-order valence-corrected chi connectivity index (χ3v) is 5.87. The molecule has 38 heavy (non-hydrogen) atoms. The number of carboxylic acids is 1. The second kappa shape index (κ2) is 14.7. The van der Waals surface area contributed by atoms with E-state index in [1.807, 2.05) is 24.3 Å². The van der Waals surface area contributed by atoms with Crippen molar-refractivity contribution in [1.82, 2.24) is 20.9 Å². The van der Waals surface area contributed by atoms with E-state index in [-0.39, 0.29) is 12.8 Å². The maximum absolute atomic E-state index is 13.0. The van der Waals surface area contributed by atoms with Crippen LogP contribution in [0.3, 0.4) is 0 Å². The molecule has 0 radical (unpaired) electrons. The number of fused-ring (bicyclic) bond motifs is 1. The molecule has 0 saturated carbocycles. The molecule has 0 bridgehead atoms. The monoisotopic (exact) mass is 533 g/mol. The molecule has 0 fully saturated rings. The first kappa shape index (κ1) is 30.2. The zero-order valence-corrected chi connectivity index (χ0v) is 20.8. The van der Waals surface area contributed by atoms with E-state index in [2.05, 4.69) is 20.9 Å². The number of carbonyl (C=O) groups excluding carboxylic acids is 4. The Hall–Kier alpha value is -4.01. The van der Waals surface area contributed by atoms with Crippen LogP contribution in [0.5, 0.6) is 0 Å². The molecule has 1 aromatic heterocycles. The van der Waals surface area contributed by atoms with E-state index >= 15 is 0 Å². The lowest BCUT2D eigenvalue weighted by molar-refractivity contribution is -0.143. The highest BCUT2D eigenvalue weighted by molar-refractivity contribution is 5.96. The highest BCUT2D eigenvalue weighted by Gasteiger charge is 2.31. The van der Waals surface area contributed by atoms with Gasteiger partial charge in [0.2, 0.25) is 23.6 Å². The number of amides is 4. The number of aromatic amines is 1. The van der Waals surface area contributed by atoms with Gasteiger partial charge in [-0.15, -0.1) is 0 Å². The molecule has 4 amide bonds. The summed E-state index contributed by atoms with van der Waals surface area (Å²) in [6.45, 7) is -0.537. The number of unbranched alkanes of at least 4 members (excludes halogenated alkanes) is 1.